The summed E-state index contributed by atoms with van der Waals surface area (Å²) in [6.45, 7) is 5.17. The molecular formula is C23H21Cl2FN2O. The zero-order valence-corrected chi connectivity index (χ0v) is 17.7. The maximum absolute atomic E-state index is 13.1. The molecule has 0 aliphatic carbocycles. The Labute approximate surface area is 180 Å². The molecule has 0 bridgehead atoms. The molecule has 0 atom stereocenters. The lowest BCUT2D eigenvalue weighted by molar-refractivity contribution is 0.307. The summed E-state index contributed by atoms with van der Waals surface area (Å²) in [5, 5.41) is 1.80. The minimum Gasteiger partial charge on any atom is -0.485 e. The Morgan fingerprint density at radius 3 is 2.48 bits per heavy atom. The Balaban J connectivity index is 0.00000240. The lowest BCUT2D eigenvalue weighted by Crippen LogP contribution is -2.05. The van der Waals surface area contributed by atoms with E-state index in [2.05, 4.69) is 23.4 Å². The molecule has 0 unspecified atom stereocenters. The summed E-state index contributed by atoms with van der Waals surface area (Å²) in [5.41, 5.74) is 5.25. The molecule has 0 saturated heterocycles. The summed E-state index contributed by atoms with van der Waals surface area (Å²) in [6, 6.07) is 14.2. The molecule has 0 amide bonds. The van der Waals surface area contributed by atoms with Crippen LogP contribution in [0.5, 0.6) is 5.75 Å². The Morgan fingerprint density at radius 2 is 1.76 bits per heavy atom. The van der Waals surface area contributed by atoms with Crippen molar-refractivity contribution in [3.05, 3.63) is 94.1 Å². The largest absolute Gasteiger partial charge is 0.485 e. The highest BCUT2D eigenvalue weighted by Gasteiger charge is 2.17. The number of ether oxygens (including phenoxy) is 1. The van der Waals surface area contributed by atoms with Crippen molar-refractivity contribution in [3.8, 4) is 5.75 Å². The van der Waals surface area contributed by atoms with Gasteiger partial charge < -0.3 is 9.30 Å². The second-order valence-corrected chi connectivity index (χ2v) is 7.24. The molecule has 29 heavy (non-hydrogen) atoms. The lowest BCUT2D eigenvalue weighted by Gasteiger charge is -2.13. The number of rotatable bonds is 5. The second kappa shape index (κ2) is 8.85. The first-order chi connectivity index (χ1) is 13.5. The summed E-state index contributed by atoms with van der Waals surface area (Å²) in [5.74, 6) is 0.442. The van der Waals surface area contributed by atoms with Crippen molar-refractivity contribution < 1.29 is 9.13 Å². The van der Waals surface area contributed by atoms with Crippen molar-refractivity contribution in [3.63, 3.8) is 0 Å². The van der Waals surface area contributed by atoms with Gasteiger partial charge >= 0.3 is 0 Å². The van der Waals surface area contributed by atoms with Crippen LogP contribution in [0.3, 0.4) is 0 Å². The van der Waals surface area contributed by atoms with Crippen LogP contribution < -0.4 is 4.74 Å². The number of halogens is 3. The zero-order valence-electron chi connectivity index (χ0n) is 16.2. The number of hydrogen-bond donors (Lipinski definition) is 0. The van der Waals surface area contributed by atoms with Gasteiger partial charge in [-0.3, -0.25) is 4.98 Å². The zero-order chi connectivity index (χ0) is 19.7. The molecule has 2 aromatic carbocycles. The van der Waals surface area contributed by atoms with E-state index in [0.29, 0.717) is 18.9 Å². The van der Waals surface area contributed by atoms with E-state index in [-0.39, 0.29) is 18.2 Å². The first kappa shape index (κ1) is 21.2. The summed E-state index contributed by atoms with van der Waals surface area (Å²) >= 11 is 6.39. The summed E-state index contributed by atoms with van der Waals surface area (Å²) < 4.78 is 21.4. The number of aryl methyl sites for hydroxylation is 1. The number of nitrogens with zero attached hydrogens (tertiary/aromatic N) is 2. The highest BCUT2D eigenvalue weighted by molar-refractivity contribution is 6.31. The van der Waals surface area contributed by atoms with E-state index in [4.69, 9.17) is 16.3 Å². The standard InChI is InChI=1S/C23H20ClFN2O.ClH/c1-15-16(2)27(13-18-5-3-4-6-21(18)24)23-20(15)11-26-12-22(23)28-14-17-7-9-19(25)10-8-17;/h3-12H,13-14H2,1-2H3;1H. The average molecular weight is 431 g/mol. The van der Waals surface area contributed by atoms with Crippen molar-refractivity contribution in [2.45, 2.75) is 27.0 Å². The topological polar surface area (TPSA) is 27.1 Å². The summed E-state index contributed by atoms with van der Waals surface area (Å²) in [4.78, 5) is 4.35. The van der Waals surface area contributed by atoms with Gasteiger partial charge in [0, 0.05) is 28.8 Å². The van der Waals surface area contributed by atoms with Gasteiger partial charge in [0.25, 0.3) is 0 Å². The Hall–Kier alpha value is -2.56. The fourth-order valence-corrected chi connectivity index (χ4v) is 3.59. The molecule has 2 heterocycles. The van der Waals surface area contributed by atoms with Gasteiger partial charge in [0.05, 0.1) is 11.7 Å². The molecule has 0 spiro atoms. The summed E-state index contributed by atoms with van der Waals surface area (Å²) in [6.07, 6.45) is 3.60. The van der Waals surface area contributed by atoms with Gasteiger partial charge in [-0.25, -0.2) is 4.39 Å². The number of benzene rings is 2. The first-order valence-corrected chi connectivity index (χ1v) is 9.46. The van der Waals surface area contributed by atoms with Gasteiger partial charge in [-0.15, -0.1) is 12.4 Å². The molecule has 0 saturated carbocycles. The quantitative estimate of drug-likeness (QED) is 0.361. The van der Waals surface area contributed by atoms with E-state index in [1.165, 1.54) is 17.7 Å². The molecular weight excluding hydrogens is 410 g/mol. The molecule has 0 N–H and O–H groups in total. The number of pyridine rings is 1. The van der Waals surface area contributed by atoms with E-state index in [1.807, 2.05) is 30.5 Å². The van der Waals surface area contributed by atoms with E-state index < -0.39 is 0 Å². The van der Waals surface area contributed by atoms with Crippen LogP contribution in [0.4, 0.5) is 4.39 Å². The third kappa shape index (κ3) is 4.24. The van der Waals surface area contributed by atoms with Crippen molar-refractivity contribution in [2.75, 3.05) is 0 Å². The van der Waals surface area contributed by atoms with Crippen molar-refractivity contribution in [1.29, 1.82) is 0 Å². The molecule has 0 fully saturated rings. The maximum Gasteiger partial charge on any atom is 0.162 e. The minimum absolute atomic E-state index is 0. The molecule has 6 heteroatoms. The molecule has 2 aromatic heterocycles. The molecule has 0 radical (unpaired) electrons. The molecule has 3 nitrogen and oxygen atoms in total. The van der Waals surface area contributed by atoms with Crippen LogP contribution in [-0.2, 0) is 13.2 Å². The SMILES string of the molecule is Cc1c(C)n(Cc2ccccc2Cl)c2c(OCc3ccc(F)cc3)cncc12.Cl. The maximum atomic E-state index is 13.1. The molecule has 150 valence electrons. The fourth-order valence-electron chi connectivity index (χ4n) is 3.39. The number of fused-ring (bicyclic) bond motifs is 1. The number of aromatic nitrogens is 2. The molecule has 0 aliphatic rings. The van der Waals surface area contributed by atoms with Crippen LogP contribution in [0.1, 0.15) is 22.4 Å². The van der Waals surface area contributed by atoms with Crippen LogP contribution in [0.2, 0.25) is 5.02 Å². The number of hydrogen-bond acceptors (Lipinski definition) is 2. The van der Waals surface area contributed by atoms with E-state index in [1.54, 1.807) is 18.3 Å². The lowest BCUT2D eigenvalue weighted by atomic mass is 10.2. The minimum atomic E-state index is -0.257. The van der Waals surface area contributed by atoms with Crippen LogP contribution in [-0.4, -0.2) is 9.55 Å². The smallest absolute Gasteiger partial charge is 0.162 e. The van der Waals surface area contributed by atoms with Crippen molar-refractivity contribution in [2.24, 2.45) is 0 Å². The predicted octanol–water partition coefficient (Wildman–Crippen LogP) is 6.49. The van der Waals surface area contributed by atoms with E-state index in [9.17, 15) is 4.39 Å². The highest BCUT2D eigenvalue weighted by Crippen LogP contribution is 2.33. The van der Waals surface area contributed by atoms with Gasteiger partial charge in [-0.05, 0) is 48.7 Å². The van der Waals surface area contributed by atoms with E-state index >= 15 is 0 Å². The van der Waals surface area contributed by atoms with Crippen molar-refractivity contribution >= 4 is 34.9 Å². The van der Waals surface area contributed by atoms with Gasteiger partial charge in [-0.2, -0.15) is 0 Å². The van der Waals surface area contributed by atoms with Crippen LogP contribution in [0, 0.1) is 19.7 Å². The van der Waals surface area contributed by atoms with Gasteiger partial charge in [0.15, 0.2) is 5.75 Å². The Morgan fingerprint density at radius 1 is 1.03 bits per heavy atom. The van der Waals surface area contributed by atoms with Crippen molar-refractivity contribution in [1.82, 2.24) is 9.55 Å². The normalized spacial score (nSPS) is 10.8. The molecule has 4 rings (SSSR count). The van der Waals surface area contributed by atoms with Gasteiger partial charge in [0.2, 0.25) is 0 Å². The van der Waals surface area contributed by atoms with Gasteiger partial charge in [0.1, 0.15) is 12.4 Å². The van der Waals surface area contributed by atoms with Crippen LogP contribution in [0.15, 0.2) is 60.9 Å². The fraction of sp³-hybridized carbons (Fsp3) is 0.174. The Kier molecular flexibility index (Phi) is 6.46. The third-order valence-corrected chi connectivity index (χ3v) is 5.47. The first-order valence-electron chi connectivity index (χ1n) is 9.08. The van der Waals surface area contributed by atoms with Crippen LogP contribution >= 0.6 is 24.0 Å². The average Bonchev–Trinajstić information content (AvgIpc) is 2.95. The Bertz CT molecular complexity index is 1140. The highest BCUT2D eigenvalue weighted by atomic mass is 35.5. The third-order valence-electron chi connectivity index (χ3n) is 5.10. The predicted molar refractivity (Wildman–Crippen MR) is 118 cm³/mol. The van der Waals surface area contributed by atoms with Gasteiger partial charge in [-0.1, -0.05) is 41.9 Å². The monoisotopic (exact) mass is 430 g/mol. The second-order valence-electron chi connectivity index (χ2n) is 6.84. The van der Waals surface area contributed by atoms with E-state index in [0.717, 1.165) is 32.7 Å². The summed E-state index contributed by atoms with van der Waals surface area (Å²) in [7, 11) is 0. The molecule has 4 aromatic rings. The van der Waals surface area contributed by atoms with Crippen LogP contribution in [0.25, 0.3) is 10.9 Å². The molecule has 0 aliphatic heterocycles.